The number of rotatable bonds is 5. The van der Waals surface area contributed by atoms with Gasteiger partial charge in [0, 0.05) is 12.1 Å². The summed E-state index contributed by atoms with van der Waals surface area (Å²) in [5, 5.41) is 11.5. The molecule has 3 aromatic rings. The first-order valence-electron chi connectivity index (χ1n) is 10.2. The number of halogens is 3. The molecule has 5 atom stereocenters. The fraction of sp³-hybridized carbons (Fsp3) is 0.381. The van der Waals surface area contributed by atoms with Gasteiger partial charge in [-0.3, -0.25) is 9.69 Å². The minimum absolute atomic E-state index is 0.0297. The zero-order chi connectivity index (χ0) is 22.5. The van der Waals surface area contributed by atoms with Crippen molar-refractivity contribution < 1.29 is 18.0 Å². The third-order valence-corrected chi connectivity index (χ3v) is 6.30. The lowest BCUT2D eigenvalue weighted by Crippen LogP contribution is -2.49. The number of carbonyl (C=O) groups is 1. The highest BCUT2D eigenvalue weighted by Gasteiger charge is 2.52. The second kappa shape index (κ2) is 7.66. The van der Waals surface area contributed by atoms with E-state index in [2.05, 4.69) is 37.3 Å². The standard InChI is InChI=1S/C21H20F3N7O/c1-12-13-8-18(29-17-10-25-16(9-26-17)21(22,23)24)30(11-13)19(12)20(32)14-4-2-3-5-15(14)31-27-6-7-28-31/h2-7,9-10,12-13,18-19H,8,11H2,1H3,(H,26,29)/t12?,13?,18-,19?/m0/s1. The Kier molecular flexibility index (Phi) is 4.92. The van der Waals surface area contributed by atoms with Gasteiger partial charge in [0.2, 0.25) is 0 Å². The van der Waals surface area contributed by atoms with E-state index in [9.17, 15) is 18.0 Å². The second-order valence-corrected chi connectivity index (χ2v) is 8.14. The molecule has 2 aliphatic heterocycles. The predicted octanol–water partition coefficient (Wildman–Crippen LogP) is 3.04. The van der Waals surface area contributed by atoms with Crippen LogP contribution in [0.3, 0.4) is 0 Å². The van der Waals surface area contributed by atoms with Crippen molar-refractivity contribution in [3.63, 3.8) is 0 Å². The minimum atomic E-state index is -4.54. The van der Waals surface area contributed by atoms with E-state index >= 15 is 0 Å². The van der Waals surface area contributed by atoms with E-state index in [1.165, 1.54) is 4.80 Å². The lowest BCUT2D eigenvalue weighted by atomic mass is 9.83. The highest BCUT2D eigenvalue weighted by atomic mass is 19.4. The third-order valence-electron chi connectivity index (χ3n) is 6.30. The number of nitrogens with zero attached hydrogens (tertiary/aromatic N) is 6. The average molecular weight is 443 g/mol. The number of carbonyl (C=O) groups excluding carboxylic acids is 1. The molecule has 11 heteroatoms. The van der Waals surface area contributed by atoms with Gasteiger partial charge < -0.3 is 5.32 Å². The largest absolute Gasteiger partial charge is 0.434 e. The van der Waals surface area contributed by atoms with Gasteiger partial charge in [-0.25, -0.2) is 9.97 Å². The number of piperidine rings is 1. The molecule has 166 valence electrons. The fourth-order valence-electron chi connectivity index (χ4n) is 4.75. The van der Waals surface area contributed by atoms with Crippen molar-refractivity contribution in [1.29, 1.82) is 0 Å². The van der Waals surface area contributed by atoms with Gasteiger partial charge in [0.05, 0.1) is 42.7 Å². The molecule has 3 unspecified atom stereocenters. The van der Waals surface area contributed by atoms with Crippen LogP contribution in [-0.2, 0) is 6.18 Å². The van der Waals surface area contributed by atoms with E-state index < -0.39 is 11.9 Å². The zero-order valence-corrected chi connectivity index (χ0v) is 17.1. The Bertz CT molecular complexity index is 1120. The molecule has 32 heavy (non-hydrogen) atoms. The molecule has 2 aliphatic rings. The number of hydrogen-bond acceptors (Lipinski definition) is 7. The number of Topliss-reactive ketones (excluding diaryl/α,β-unsaturated/α-hetero) is 1. The van der Waals surface area contributed by atoms with Crippen LogP contribution in [0.1, 0.15) is 29.4 Å². The molecule has 2 saturated heterocycles. The maximum Gasteiger partial charge on any atom is 0.434 e. The van der Waals surface area contributed by atoms with Crippen LogP contribution >= 0.6 is 0 Å². The van der Waals surface area contributed by atoms with Crippen LogP contribution in [0, 0.1) is 11.8 Å². The molecule has 1 N–H and O–H groups in total. The quantitative estimate of drug-likeness (QED) is 0.607. The van der Waals surface area contributed by atoms with Crippen LogP contribution in [0.4, 0.5) is 19.0 Å². The maximum atomic E-state index is 13.6. The van der Waals surface area contributed by atoms with Crippen LogP contribution < -0.4 is 5.32 Å². The van der Waals surface area contributed by atoms with Gasteiger partial charge in [-0.1, -0.05) is 19.1 Å². The summed E-state index contributed by atoms with van der Waals surface area (Å²) in [6, 6.07) is 6.83. The molecular formula is C21H20F3N7O. The normalized spacial score (nSPS) is 26.9. The Morgan fingerprint density at radius 3 is 2.53 bits per heavy atom. The van der Waals surface area contributed by atoms with E-state index in [1.54, 1.807) is 30.6 Å². The molecule has 1 aromatic carbocycles. The number of hydrogen-bond donors (Lipinski definition) is 1. The van der Waals surface area contributed by atoms with Crippen LogP contribution in [0.25, 0.3) is 5.69 Å². The Hall–Kier alpha value is -3.34. The molecule has 0 aliphatic carbocycles. The zero-order valence-electron chi connectivity index (χ0n) is 17.1. The number of alkyl halides is 3. The molecule has 4 heterocycles. The summed E-state index contributed by atoms with van der Waals surface area (Å²) in [4.78, 5) is 24.4. The predicted molar refractivity (Wildman–Crippen MR) is 108 cm³/mol. The summed E-state index contributed by atoms with van der Waals surface area (Å²) in [6.07, 6.45) is 0.914. The van der Waals surface area contributed by atoms with Gasteiger partial charge in [0.15, 0.2) is 11.5 Å². The SMILES string of the molecule is CC1C2C[C@@H](Nc3cnc(C(F)(F)F)cn3)[N@](C2)C1C(=O)c1ccccc1-n1nccn1. The molecule has 2 fully saturated rings. The summed E-state index contributed by atoms with van der Waals surface area (Å²) in [5.74, 6) is 0.644. The van der Waals surface area contributed by atoms with E-state index in [4.69, 9.17) is 0 Å². The summed E-state index contributed by atoms with van der Waals surface area (Å²) in [7, 11) is 0. The van der Waals surface area contributed by atoms with E-state index in [1.807, 2.05) is 6.07 Å². The number of nitrogens with one attached hydrogen (secondary N) is 1. The van der Waals surface area contributed by atoms with Crippen molar-refractivity contribution in [3.05, 3.63) is 60.3 Å². The van der Waals surface area contributed by atoms with Crippen molar-refractivity contribution in [1.82, 2.24) is 29.9 Å². The van der Waals surface area contributed by atoms with Crippen molar-refractivity contribution in [2.75, 3.05) is 11.9 Å². The first kappa shape index (κ1) is 20.6. The van der Waals surface area contributed by atoms with Gasteiger partial charge >= 0.3 is 6.18 Å². The van der Waals surface area contributed by atoms with E-state index in [0.29, 0.717) is 23.4 Å². The summed E-state index contributed by atoms with van der Waals surface area (Å²) < 4.78 is 38.2. The second-order valence-electron chi connectivity index (χ2n) is 8.14. The molecule has 2 bridgehead atoms. The fourth-order valence-corrected chi connectivity index (χ4v) is 4.75. The Labute approximate surface area is 181 Å². The van der Waals surface area contributed by atoms with E-state index in [0.717, 1.165) is 19.2 Å². The molecule has 0 saturated carbocycles. The Morgan fingerprint density at radius 2 is 1.88 bits per heavy atom. The number of para-hydroxylation sites is 1. The lowest BCUT2D eigenvalue weighted by molar-refractivity contribution is -0.141. The number of fused-ring (bicyclic) bond motifs is 2. The molecule has 0 radical (unpaired) electrons. The van der Waals surface area contributed by atoms with Gasteiger partial charge in [0.25, 0.3) is 0 Å². The topological polar surface area (TPSA) is 88.8 Å². The van der Waals surface area contributed by atoms with Gasteiger partial charge in [-0.2, -0.15) is 28.2 Å². The smallest absolute Gasteiger partial charge is 0.353 e. The summed E-state index contributed by atoms with van der Waals surface area (Å²) >= 11 is 0. The maximum absolute atomic E-state index is 13.6. The number of benzene rings is 1. The molecule has 0 amide bonds. The van der Waals surface area contributed by atoms with Gasteiger partial charge in [-0.15, -0.1) is 0 Å². The molecular weight excluding hydrogens is 423 g/mol. The highest BCUT2D eigenvalue weighted by Crippen LogP contribution is 2.43. The van der Waals surface area contributed by atoms with Crippen molar-refractivity contribution in [2.24, 2.45) is 11.8 Å². The number of aromatic nitrogens is 5. The monoisotopic (exact) mass is 443 g/mol. The third kappa shape index (κ3) is 3.52. The van der Waals surface area contributed by atoms with Crippen LogP contribution in [-0.4, -0.2) is 54.4 Å². The Balaban J connectivity index is 1.38. The first-order valence-corrected chi connectivity index (χ1v) is 10.2. The number of ketones is 1. The molecule has 5 rings (SSSR count). The summed E-state index contributed by atoms with van der Waals surface area (Å²) in [6.45, 7) is 2.79. The van der Waals surface area contributed by atoms with Crippen molar-refractivity contribution in [3.8, 4) is 5.69 Å². The van der Waals surface area contributed by atoms with Crippen molar-refractivity contribution >= 4 is 11.6 Å². The Morgan fingerprint density at radius 1 is 1.12 bits per heavy atom. The van der Waals surface area contributed by atoms with Crippen LogP contribution in [0.2, 0.25) is 0 Å². The lowest BCUT2D eigenvalue weighted by Gasteiger charge is -2.36. The first-order chi connectivity index (χ1) is 15.3. The highest BCUT2D eigenvalue weighted by molar-refractivity contribution is 6.03. The molecule has 2 aromatic heterocycles. The van der Waals surface area contributed by atoms with Gasteiger partial charge in [0.1, 0.15) is 5.82 Å². The minimum Gasteiger partial charge on any atom is -0.353 e. The van der Waals surface area contributed by atoms with E-state index in [-0.39, 0.29) is 29.7 Å². The molecule has 0 spiro atoms. The molecule has 8 nitrogen and oxygen atoms in total. The summed E-state index contributed by atoms with van der Waals surface area (Å²) in [5.41, 5.74) is 0.0970. The average Bonchev–Trinajstić information content (AvgIpc) is 3.50. The van der Waals surface area contributed by atoms with Crippen LogP contribution in [0.15, 0.2) is 49.1 Å². The number of anilines is 1. The van der Waals surface area contributed by atoms with Crippen LogP contribution in [0.5, 0.6) is 0 Å². The van der Waals surface area contributed by atoms with Crippen molar-refractivity contribution in [2.45, 2.75) is 31.7 Å². The van der Waals surface area contributed by atoms with Gasteiger partial charge in [-0.05, 0) is 30.4 Å².